The monoisotopic (exact) mass is 209 g/mol. The number of rotatable bonds is 3. The molecule has 0 aliphatic carbocycles. The second-order valence-corrected chi connectivity index (χ2v) is 8.91. The molecule has 0 aliphatic rings. The molecule has 2 nitrogen and oxygen atoms in total. The Morgan fingerprint density at radius 1 is 1.21 bits per heavy atom. The van der Waals surface area contributed by atoms with E-state index in [2.05, 4.69) is 32.6 Å². The first-order chi connectivity index (χ1) is 6.40. The molecule has 0 amide bonds. The number of benzene rings is 1. The van der Waals surface area contributed by atoms with E-state index in [0.717, 1.165) is 17.9 Å². The maximum atomic E-state index is 5.88. The second kappa shape index (κ2) is 4.05. The maximum absolute atomic E-state index is 5.88. The lowest BCUT2D eigenvalue weighted by atomic mass is 10.1. The molecule has 2 N–H and O–H groups in total. The molecule has 0 heterocycles. The first kappa shape index (κ1) is 11.1. The predicted octanol–water partition coefficient (Wildman–Crippen LogP) is 3.04. The molecule has 1 aromatic carbocycles. The maximum Gasteiger partial charge on any atom is 0.242 e. The fraction of sp³-hybridized carbons (Fsp3) is 0.455. The average Bonchev–Trinajstić information content (AvgIpc) is 1.99. The highest BCUT2D eigenvalue weighted by Crippen LogP contribution is 2.22. The molecule has 0 radical (unpaired) electrons. The molecular formula is C11H19NOSi. The van der Waals surface area contributed by atoms with E-state index in [9.17, 15) is 0 Å². The van der Waals surface area contributed by atoms with E-state index >= 15 is 0 Å². The van der Waals surface area contributed by atoms with E-state index in [-0.39, 0.29) is 0 Å². The van der Waals surface area contributed by atoms with E-state index < -0.39 is 8.32 Å². The topological polar surface area (TPSA) is 35.2 Å². The van der Waals surface area contributed by atoms with Crippen molar-refractivity contribution in [1.29, 1.82) is 0 Å². The minimum atomic E-state index is -1.51. The second-order valence-electron chi connectivity index (χ2n) is 4.48. The minimum absolute atomic E-state index is 0.789. The van der Waals surface area contributed by atoms with Gasteiger partial charge in [0.15, 0.2) is 0 Å². The summed E-state index contributed by atoms with van der Waals surface area (Å²) < 4.78 is 5.88. The van der Waals surface area contributed by atoms with Crippen LogP contribution in [-0.4, -0.2) is 8.32 Å². The Morgan fingerprint density at radius 3 is 2.36 bits per heavy atom. The summed E-state index contributed by atoms with van der Waals surface area (Å²) in [6.45, 7) is 8.62. The largest absolute Gasteiger partial charge is 0.544 e. The van der Waals surface area contributed by atoms with Crippen molar-refractivity contribution in [2.75, 3.05) is 5.73 Å². The van der Waals surface area contributed by atoms with Gasteiger partial charge in [-0.05, 0) is 43.8 Å². The molecule has 0 saturated heterocycles. The van der Waals surface area contributed by atoms with Gasteiger partial charge in [0.1, 0.15) is 5.75 Å². The molecule has 3 heteroatoms. The van der Waals surface area contributed by atoms with Gasteiger partial charge in [-0.25, -0.2) is 0 Å². The summed E-state index contributed by atoms with van der Waals surface area (Å²) in [5, 5.41) is 0. The summed E-state index contributed by atoms with van der Waals surface area (Å²) in [6, 6.07) is 5.98. The Bertz CT molecular complexity index is 318. The number of hydrogen-bond donors (Lipinski definition) is 1. The Morgan fingerprint density at radius 2 is 1.86 bits per heavy atom. The Labute approximate surface area is 87.2 Å². The van der Waals surface area contributed by atoms with Crippen molar-refractivity contribution in [1.82, 2.24) is 0 Å². The Balaban J connectivity index is 2.92. The van der Waals surface area contributed by atoms with Crippen LogP contribution in [0.4, 0.5) is 5.69 Å². The molecule has 0 aromatic heterocycles. The molecule has 0 spiro atoms. The van der Waals surface area contributed by atoms with Crippen LogP contribution in [0.3, 0.4) is 0 Å². The number of anilines is 1. The summed E-state index contributed by atoms with van der Waals surface area (Å²) in [5.41, 5.74) is 7.81. The van der Waals surface area contributed by atoms with Crippen LogP contribution in [0.1, 0.15) is 12.5 Å². The summed E-state index contributed by atoms with van der Waals surface area (Å²) in [6.07, 6.45) is 0.993. The van der Waals surface area contributed by atoms with Crippen molar-refractivity contribution in [2.45, 2.75) is 33.0 Å². The predicted molar refractivity (Wildman–Crippen MR) is 64.2 cm³/mol. The first-order valence-electron chi connectivity index (χ1n) is 4.99. The van der Waals surface area contributed by atoms with Crippen LogP contribution in [-0.2, 0) is 6.42 Å². The van der Waals surface area contributed by atoms with E-state index in [4.69, 9.17) is 10.2 Å². The molecule has 78 valence electrons. The van der Waals surface area contributed by atoms with E-state index in [1.165, 1.54) is 5.56 Å². The van der Waals surface area contributed by atoms with Crippen LogP contribution in [0.2, 0.25) is 19.6 Å². The summed E-state index contributed by atoms with van der Waals surface area (Å²) >= 11 is 0. The van der Waals surface area contributed by atoms with Gasteiger partial charge < -0.3 is 10.2 Å². The van der Waals surface area contributed by atoms with Gasteiger partial charge in [0, 0.05) is 11.8 Å². The SMILES string of the molecule is CCc1cc(N)cc(O[Si](C)(C)C)c1. The van der Waals surface area contributed by atoms with Crippen molar-refractivity contribution < 1.29 is 4.43 Å². The zero-order valence-electron chi connectivity index (χ0n) is 9.42. The zero-order valence-corrected chi connectivity index (χ0v) is 10.4. The molecule has 14 heavy (non-hydrogen) atoms. The molecule has 1 aromatic rings. The minimum Gasteiger partial charge on any atom is -0.544 e. The van der Waals surface area contributed by atoms with Gasteiger partial charge in [-0.3, -0.25) is 0 Å². The van der Waals surface area contributed by atoms with Crippen LogP contribution in [0.15, 0.2) is 18.2 Å². The molecule has 1 rings (SSSR count). The highest BCUT2D eigenvalue weighted by atomic mass is 28.4. The van der Waals surface area contributed by atoms with Crippen molar-refractivity contribution in [3.63, 3.8) is 0 Å². The van der Waals surface area contributed by atoms with Gasteiger partial charge in [0.25, 0.3) is 0 Å². The third-order valence-electron chi connectivity index (χ3n) is 1.82. The number of aryl methyl sites for hydroxylation is 1. The number of nitrogens with two attached hydrogens (primary N) is 1. The third kappa shape index (κ3) is 3.42. The molecule has 0 saturated carbocycles. The molecular weight excluding hydrogens is 190 g/mol. The zero-order chi connectivity index (χ0) is 10.8. The van der Waals surface area contributed by atoms with E-state index in [1.54, 1.807) is 0 Å². The highest BCUT2D eigenvalue weighted by molar-refractivity contribution is 6.70. The van der Waals surface area contributed by atoms with Crippen molar-refractivity contribution in [2.24, 2.45) is 0 Å². The van der Waals surface area contributed by atoms with E-state index in [1.807, 2.05) is 12.1 Å². The van der Waals surface area contributed by atoms with Gasteiger partial charge in [-0.1, -0.05) is 6.92 Å². The Kier molecular flexibility index (Phi) is 3.21. The van der Waals surface area contributed by atoms with Crippen LogP contribution < -0.4 is 10.2 Å². The van der Waals surface area contributed by atoms with Crippen LogP contribution in [0, 0.1) is 0 Å². The summed E-state index contributed by atoms with van der Waals surface area (Å²) in [4.78, 5) is 0. The van der Waals surface area contributed by atoms with Crippen molar-refractivity contribution >= 4 is 14.0 Å². The summed E-state index contributed by atoms with van der Waals surface area (Å²) in [7, 11) is -1.51. The molecule has 0 bridgehead atoms. The van der Waals surface area contributed by atoms with Crippen LogP contribution >= 0.6 is 0 Å². The Hall–Kier alpha value is -0.963. The van der Waals surface area contributed by atoms with Gasteiger partial charge in [0.05, 0.1) is 0 Å². The van der Waals surface area contributed by atoms with Gasteiger partial charge in [-0.15, -0.1) is 0 Å². The smallest absolute Gasteiger partial charge is 0.242 e. The molecule has 0 unspecified atom stereocenters. The van der Waals surface area contributed by atoms with Crippen LogP contribution in [0.25, 0.3) is 0 Å². The molecule has 0 atom stereocenters. The highest BCUT2D eigenvalue weighted by Gasteiger charge is 2.16. The first-order valence-corrected chi connectivity index (χ1v) is 8.40. The van der Waals surface area contributed by atoms with Gasteiger partial charge in [0.2, 0.25) is 8.32 Å². The lowest BCUT2D eigenvalue weighted by Crippen LogP contribution is -2.29. The lowest BCUT2D eigenvalue weighted by molar-refractivity contribution is 0.557. The van der Waals surface area contributed by atoms with Crippen molar-refractivity contribution in [3.05, 3.63) is 23.8 Å². The fourth-order valence-corrected chi connectivity index (χ4v) is 2.13. The third-order valence-corrected chi connectivity index (χ3v) is 2.67. The van der Waals surface area contributed by atoms with Crippen LogP contribution in [0.5, 0.6) is 5.75 Å². The molecule has 0 aliphatic heterocycles. The number of nitrogen functional groups attached to an aromatic ring is 1. The van der Waals surface area contributed by atoms with Gasteiger partial charge in [-0.2, -0.15) is 0 Å². The van der Waals surface area contributed by atoms with E-state index in [0.29, 0.717) is 0 Å². The quantitative estimate of drug-likeness (QED) is 0.613. The summed E-state index contributed by atoms with van der Waals surface area (Å²) in [5.74, 6) is 0.918. The van der Waals surface area contributed by atoms with Crippen molar-refractivity contribution in [3.8, 4) is 5.75 Å². The lowest BCUT2D eigenvalue weighted by Gasteiger charge is -2.20. The fourth-order valence-electron chi connectivity index (χ4n) is 1.30. The normalized spacial score (nSPS) is 11.4. The van der Waals surface area contributed by atoms with Gasteiger partial charge >= 0.3 is 0 Å². The number of hydrogen-bond acceptors (Lipinski definition) is 2. The average molecular weight is 209 g/mol. The standard InChI is InChI=1S/C11H19NOSi/c1-5-9-6-10(12)8-11(7-9)13-14(2,3)4/h6-8H,5,12H2,1-4H3. The molecule has 0 fully saturated rings.